The highest BCUT2D eigenvalue weighted by Crippen LogP contribution is 2.34. The van der Waals surface area contributed by atoms with E-state index in [1.54, 1.807) is 0 Å². The van der Waals surface area contributed by atoms with Gasteiger partial charge in [0.1, 0.15) is 0 Å². The van der Waals surface area contributed by atoms with E-state index in [2.05, 4.69) is 34.9 Å². The lowest BCUT2D eigenvalue weighted by Crippen LogP contribution is -2.68. The number of piperazine rings is 1. The second-order valence-corrected chi connectivity index (χ2v) is 5.79. The largest absolute Gasteiger partial charge is 0.298 e. The second kappa shape index (κ2) is 4.10. The normalized spacial score (nSPS) is 29.6. The Morgan fingerprint density at radius 3 is 2.59 bits per heavy atom. The zero-order valence-corrected chi connectivity index (χ0v) is 11.0. The highest BCUT2D eigenvalue weighted by molar-refractivity contribution is 5.09. The average molecular weight is 234 g/mol. The van der Waals surface area contributed by atoms with Crippen LogP contribution in [0.5, 0.6) is 0 Å². The summed E-state index contributed by atoms with van der Waals surface area (Å²) in [5, 5.41) is 4.24. The van der Waals surface area contributed by atoms with Crippen LogP contribution in [0.2, 0.25) is 0 Å². The molecule has 2 unspecified atom stereocenters. The summed E-state index contributed by atoms with van der Waals surface area (Å²) in [6.07, 6.45) is 5.52. The van der Waals surface area contributed by atoms with E-state index in [-0.39, 0.29) is 0 Å². The van der Waals surface area contributed by atoms with Crippen molar-refractivity contribution >= 4 is 0 Å². The standard InChI is InChI=1S/C13H22N4/c1-10(2)16-8-12-4-13(9-16)17(12)7-11-5-14-15(3)6-11/h5-6,10,12-13H,4,7-9H2,1-3H3. The summed E-state index contributed by atoms with van der Waals surface area (Å²) in [6.45, 7) is 8.17. The van der Waals surface area contributed by atoms with Gasteiger partial charge in [0.2, 0.25) is 0 Å². The van der Waals surface area contributed by atoms with Gasteiger partial charge in [0.05, 0.1) is 6.20 Å². The molecule has 94 valence electrons. The molecule has 2 bridgehead atoms. The number of fused-ring (bicyclic) bond motifs is 2. The fraction of sp³-hybridized carbons (Fsp3) is 0.769. The summed E-state index contributed by atoms with van der Waals surface area (Å²) >= 11 is 0. The first kappa shape index (κ1) is 11.2. The molecule has 0 aromatic carbocycles. The van der Waals surface area contributed by atoms with Gasteiger partial charge >= 0.3 is 0 Å². The Balaban J connectivity index is 1.61. The van der Waals surface area contributed by atoms with E-state index in [1.807, 2.05) is 17.9 Å². The number of hydrogen-bond donors (Lipinski definition) is 0. The maximum Gasteiger partial charge on any atom is 0.0534 e. The Hall–Kier alpha value is -0.870. The fourth-order valence-corrected chi connectivity index (χ4v) is 3.16. The maximum atomic E-state index is 4.24. The average Bonchev–Trinajstić information content (AvgIpc) is 2.72. The van der Waals surface area contributed by atoms with Crippen molar-refractivity contribution < 1.29 is 0 Å². The van der Waals surface area contributed by atoms with Crippen LogP contribution in [0.1, 0.15) is 25.8 Å². The Bertz CT molecular complexity index is 386. The molecule has 17 heavy (non-hydrogen) atoms. The summed E-state index contributed by atoms with van der Waals surface area (Å²) < 4.78 is 1.89. The van der Waals surface area contributed by atoms with Gasteiger partial charge in [-0.25, -0.2) is 0 Å². The van der Waals surface area contributed by atoms with Crippen molar-refractivity contribution in [1.29, 1.82) is 0 Å². The van der Waals surface area contributed by atoms with Crippen LogP contribution in [0.3, 0.4) is 0 Å². The predicted octanol–water partition coefficient (Wildman–Crippen LogP) is 1.09. The molecule has 1 aromatic heterocycles. The molecule has 4 nitrogen and oxygen atoms in total. The Morgan fingerprint density at radius 2 is 2.06 bits per heavy atom. The van der Waals surface area contributed by atoms with Gasteiger partial charge in [-0.05, 0) is 20.3 Å². The minimum atomic E-state index is 0.695. The fourth-order valence-electron chi connectivity index (χ4n) is 3.16. The van der Waals surface area contributed by atoms with E-state index >= 15 is 0 Å². The lowest BCUT2D eigenvalue weighted by molar-refractivity contribution is -0.0835. The van der Waals surface area contributed by atoms with Gasteiger partial charge in [-0.2, -0.15) is 5.10 Å². The Morgan fingerprint density at radius 1 is 1.35 bits per heavy atom. The predicted molar refractivity (Wildman–Crippen MR) is 67.7 cm³/mol. The molecule has 0 amide bonds. The minimum Gasteiger partial charge on any atom is -0.298 e. The highest BCUT2D eigenvalue weighted by Gasteiger charge is 2.44. The van der Waals surface area contributed by atoms with E-state index in [9.17, 15) is 0 Å². The third kappa shape index (κ3) is 2.00. The molecule has 0 N–H and O–H groups in total. The first-order valence-electron chi connectivity index (χ1n) is 6.61. The van der Waals surface area contributed by atoms with E-state index in [1.165, 1.54) is 25.1 Å². The summed E-state index contributed by atoms with van der Waals surface area (Å²) in [7, 11) is 1.99. The molecule has 3 fully saturated rings. The third-order valence-corrected chi connectivity index (χ3v) is 4.23. The van der Waals surface area contributed by atoms with Gasteiger partial charge in [0.15, 0.2) is 0 Å². The zero-order valence-electron chi connectivity index (χ0n) is 11.0. The van der Waals surface area contributed by atoms with E-state index in [4.69, 9.17) is 0 Å². The summed E-state index contributed by atoms with van der Waals surface area (Å²) in [6, 6.07) is 2.24. The Labute approximate surface area is 103 Å². The number of aryl methyl sites for hydroxylation is 1. The molecule has 2 atom stereocenters. The van der Waals surface area contributed by atoms with E-state index in [0.29, 0.717) is 6.04 Å². The number of piperidine rings is 1. The summed E-state index contributed by atoms with van der Waals surface area (Å²) in [4.78, 5) is 5.26. The van der Waals surface area contributed by atoms with Crippen LogP contribution in [0.4, 0.5) is 0 Å². The van der Waals surface area contributed by atoms with Gasteiger partial charge in [0.25, 0.3) is 0 Å². The van der Waals surface area contributed by atoms with Gasteiger partial charge in [0, 0.05) is 56.6 Å². The van der Waals surface area contributed by atoms with Gasteiger partial charge < -0.3 is 0 Å². The first-order valence-corrected chi connectivity index (χ1v) is 6.61. The van der Waals surface area contributed by atoms with Crippen molar-refractivity contribution in [3.63, 3.8) is 0 Å². The van der Waals surface area contributed by atoms with Crippen LogP contribution < -0.4 is 0 Å². The second-order valence-electron chi connectivity index (χ2n) is 5.79. The number of aromatic nitrogens is 2. The highest BCUT2D eigenvalue weighted by atomic mass is 15.4. The number of hydrogen-bond acceptors (Lipinski definition) is 3. The SMILES string of the molecule is CC(C)N1CC2CC(C1)N2Cc1cnn(C)c1. The molecule has 4 rings (SSSR count). The summed E-state index contributed by atoms with van der Waals surface area (Å²) in [5.41, 5.74) is 1.35. The lowest BCUT2D eigenvalue weighted by atomic mass is 9.86. The van der Waals surface area contributed by atoms with Gasteiger partial charge in [-0.3, -0.25) is 14.5 Å². The topological polar surface area (TPSA) is 24.3 Å². The third-order valence-electron chi connectivity index (χ3n) is 4.23. The molecule has 4 heterocycles. The molecule has 0 spiro atoms. The van der Waals surface area contributed by atoms with Crippen LogP contribution in [-0.2, 0) is 13.6 Å². The zero-order chi connectivity index (χ0) is 12.0. The van der Waals surface area contributed by atoms with Crippen LogP contribution >= 0.6 is 0 Å². The van der Waals surface area contributed by atoms with E-state index < -0.39 is 0 Å². The lowest BCUT2D eigenvalue weighted by Gasteiger charge is -2.57. The van der Waals surface area contributed by atoms with Crippen LogP contribution in [-0.4, -0.2) is 50.8 Å². The molecule has 4 heteroatoms. The van der Waals surface area contributed by atoms with Gasteiger partial charge in [-0.15, -0.1) is 0 Å². The maximum absolute atomic E-state index is 4.24. The molecular formula is C13H22N4. The minimum absolute atomic E-state index is 0.695. The molecule has 0 aliphatic carbocycles. The van der Waals surface area contributed by atoms with Crippen molar-refractivity contribution in [3.05, 3.63) is 18.0 Å². The van der Waals surface area contributed by atoms with Gasteiger partial charge in [-0.1, -0.05) is 0 Å². The molecule has 0 saturated carbocycles. The van der Waals surface area contributed by atoms with Crippen molar-refractivity contribution in [3.8, 4) is 0 Å². The monoisotopic (exact) mass is 234 g/mol. The first-order chi connectivity index (χ1) is 8.13. The molecule has 1 aromatic rings. The number of nitrogens with zero attached hydrogens (tertiary/aromatic N) is 4. The molecule has 3 aliphatic heterocycles. The van der Waals surface area contributed by atoms with Crippen molar-refractivity contribution in [2.45, 2.75) is 44.9 Å². The molecule has 3 saturated heterocycles. The van der Waals surface area contributed by atoms with Crippen molar-refractivity contribution in [1.82, 2.24) is 19.6 Å². The van der Waals surface area contributed by atoms with Crippen LogP contribution in [0, 0.1) is 0 Å². The molecule has 0 radical (unpaired) electrons. The molecular weight excluding hydrogens is 212 g/mol. The quantitative estimate of drug-likeness (QED) is 0.782. The van der Waals surface area contributed by atoms with Crippen molar-refractivity contribution in [2.75, 3.05) is 13.1 Å². The van der Waals surface area contributed by atoms with Crippen LogP contribution in [0.15, 0.2) is 12.4 Å². The van der Waals surface area contributed by atoms with Crippen LogP contribution in [0.25, 0.3) is 0 Å². The Kier molecular flexibility index (Phi) is 2.71. The van der Waals surface area contributed by atoms with E-state index in [0.717, 1.165) is 18.6 Å². The summed E-state index contributed by atoms with van der Waals surface area (Å²) in [5.74, 6) is 0. The molecule has 3 aliphatic rings. The van der Waals surface area contributed by atoms with Crippen molar-refractivity contribution in [2.24, 2.45) is 7.05 Å². The smallest absolute Gasteiger partial charge is 0.0534 e. The number of rotatable bonds is 3.